The van der Waals surface area contributed by atoms with Gasteiger partial charge in [0, 0.05) is 17.5 Å². The summed E-state index contributed by atoms with van der Waals surface area (Å²) in [6.07, 6.45) is -3.43. The van der Waals surface area contributed by atoms with Gasteiger partial charge in [0.1, 0.15) is 11.4 Å². The second kappa shape index (κ2) is 10.4. The van der Waals surface area contributed by atoms with Gasteiger partial charge in [-0.25, -0.2) is 19.3 Å². The SMILES string of the molecule is CCSc1ccc(-c2cc(Cl)c(F)c(Cl)c2)nc1-c1nc2cc(C(F)(F)F)ncc2n1C.O.O. The van der Waals surface area contributed by atoms with Crippen molar-refractivity contribution >= 4 is 46.0 Å². The van der Waals surface area contributed by atoms with E-state index < -0.39 is 17.7 Å². The van der Waals surface area contributed by atoms with E-state index in [2.05, 4.69) is 15.0 Å². The van der Waals surface area contributed by atoms with Gasteiger partial charge in [-0.1, -0.05) is 30.1 Å². The first-order chi connectivity index (χ1) is 15.1. The first-order valence-electron chi connectivity index (χ1n) is 9.29. The Morgan fingerprint density at radius 3 is 2.26 bits per heavy atom. The molecule has 34 heavy (non-hydrogen) atoms. The van der Waals surface area contributed by atoms with Crippen molar-refractivity contribution in [3.8, 4) is 22.8 Å². The van der Waals surface area contributed by atoms with Gasteiger partial charge < -0.3 is 15.5 Å². The van der Waals surface area contributed by atoms with E-state index >= 15 is 0 Å². The number of aromatic nitrogens is 4. The van der Waals surface area contributed by atoms with Crippen molar-refractivity contribution in [1.29, 1.82) is 0 Å². The van der Waals surface area contributed by atoms with Crippen molar-refractivity contribution in [2.45, 2.75) is 18.0 Å². The lowest BCUT2D eigenvalue weighted by atomic mass is 10.1. The quantitative estimate of drug-likeness (QED) is 0.191. The summed E-state index contributed by atoms with van der Waals surface area (Å²) >= 11 is 13.4. The summed E-state index contributed by atoms with van der Waals surface area (Å²) in [4.78, 5) is 13.4. The molecule has 4 N–H and O–H groups in total. The number of benzene rings is 1. The molecule has 0 unspecified atom stereocenters. The molecule has 4 rings (SSSR count). The van der Waals surface area contributed by atoms with Gasteiger partial charge in [-0.15, -0.1) is 11.8 Å². The highest BCUT2D eigenvalue weighted by Crippen LogP contribution is 2.36. The molecule has 3 aromatic heterocycles. The van der Waals surface area contributed by atoms with E-state index in [0.29, 0.717) is 28.3 Å². The second-order valence-electron chi connectivity index (χ2n) is 6.78. The van der Waals surface area contributed by atoms with Crippen molar-refractivity contribution < 1.29 is 28.5 Å². The minimum absolute atomic E-state index is 0. The molecule has 0 saturated heterocycles. The van der Waals surface area contributed by atoms with E-state index in [-0.39, 0.29) is 26.5 Å². The topological polar surface area (TPSA) is 107 Å². The van der Waals surface area contributed by atoms with Crippen LogP contribution in [0, 0.1) is 5.82 Å². The third kappa shape index (κ3) is 5.13. The average Bonchev–Trinajstić information content (AvgIpc) is 3.07. The zero-order chi connectivity index (χ0) is 23.2. The van der Waals surface area contributed by atoms with Crippen molar-refractivity contribution in [3.05, 3.63) is 58.1 Å². The highest BCUT2D eigenvalue weighted by atomic mass is 35.5. The number of alkyl halides is 3. The average molecular weight is 537 g/mol. The molecule has 0 aliphatic heterocycles. The Morgan fingerprint density at radius 1 is 1.03 bits per heavy atom. The van der Waals surface area contributed by atoms with Gasteiger partial charge in [0.05, 0.1) is 33.0 Å². The summed E-state index contributed by atoms with van der Waals surface area (Å²) < 4.78 is 54.7. The van der Waals surface area contributed by atoms with Crippen LogP contribution >= 0.6 is 35.0 Å². The van der Waals surface area contributed by atoms with Crippen LogP contribution in [0.4, 0.5) is 17.6 Å². The minimum Gasteiger partial charge on any atom is -0.412 e. The summed E-state index contributed by atoms with van der Waals surface area (Å²) in [5.74, 6) is 0.392. The van der Waals surface area contributed by atoms with Crippen molar-refractivity contribution in [1.82, 2.24) is 19.5 Å². The number of thioether (sulfide) groups is 1. The summed E-state index contributed by atoms with van der Waals surface area (Å²) in [5.41, 5.74) is 0.993. The van der Waals surface area contributed by atoms with E-state index in [4.69, 9.17) is 23.2 Å². The highest BCUT2D eigenvalue weighted by Gasteiger charge is 2.33. The van der Waals surface area contributed by atoms with Crippen LogP contribution in [0.15, 0.2) is 41.4 Å². The molecular formula is C21H18Cl2F4N4O2S. The Balaban J connectivity index is 0.00000204. The molecule has 0 radical (unpaired) electrons. The predicted molar refractivity (Wildman–Crippen MR) is 126 cm³/mol. The molecule has 3 heterocycles. The number of rotatable bonds is 4. The largest absolute Gasteiger partial charge is 0.433 e. The first-order valence-corrected chi connectivity index (χ1v) is 11.0. The lowest BCUT2D eigenvalue weighted by Gasteiger charge is -2.11. The van der Waals surface area contributed by atoms with E-state index in [9.17, 15) is 17.6 Å². The Morgan fingerprint density at radius 2 is 1.68 bits per heavy atom. The highest BCUT2D eigenvalue weighted by molar-refractivity contribution is 7.99. The minimum atomic E-state index is -4.58. The summed E-state index contributed by atoms with van der Waals surface area (Å²) in [6.45, 7) is 1.97. The Labute approximate surface area is 205 Å². The lowest BCUT2D eigenvalue weighted by Crippen LogP contribution is -2.07. The molecule has 182 valence electrons. The van der Waals surface area contributed by atoms with Crippen molar-refractivity contribution in [2.75, 3.05) is 5.75 Å². The number of hydrogen-bond donors (Lipinski definition) is 0. The molecule has 13 heteroatoms. The standard InChI is InChI=1S/C21H14Cl2F4N4S.2H2O/c1-3-32-16-5-4-13(10-6-11(22)18(24)12(23)7-10)29-19(16)20-30-14-8-17(21(25,26)27)28-9-15(14)31(20)2;;/h4-9H,3H2,1-2H3;2*1H2. The molecular weight excluding hydrogens is 519 g/mol. The van der Waals surface area contributed by atoms with Crippen LogP contribution in [-0.2, 0) is 13.2 Å². The van der Waals surface area contributed by atoms with E-state index in [0.717, 1.165) is 22.9 Å². The molecule has 0 bridgehead atoms. The smallest absolute Gasteiger partial charge is 0.412 e. The molecule has 0 aliphatic carbocycles. The van der Waals surface area contributed by atoms with Gasteiger partial charge in [0.25, 0.3) is 0 Å². The molecule has 0 atom stereocenters. The van der Waals surface area contributed by atoms with Crippen LogP contribution < -0.4 is 0 Å². The lowest BCUT2D eigenvalue weighted by molar-refractivity contribution is -0.141. The Bertz CT molecular complexity index is 1330. The van der Waals surface area contributed by atoms with Gasteiger partial charge in [-0.3, -0.25) is 0 Å². The van der Waals surface area contributed by atoms with Crippen LogP contribution in [0.3, 0.4) is 0 Å². The second-order valence-corrected chi connectivity index (χ2v) is 8.90. The van der Waals surface area contributed by atoms with Gasteiger partial charge in [-0.05, 0) is 36.1 Å². The number of hydrogen-bond acceptors (Lipinski definition) is 4. The molecule has 0 spiro atoms. The fourth-order valence-electron chi connectivity index (χ4n) is 3.20. The van der Waals surface area contributed by atoms with E-state index in [1.807, 2.05) is 13.0 Å². The zero-order valence-corrected chi connectivity index (χ0v) is 20.0. The number of pyridine rings is 2. The molecule has 4 aromatic rings. The van der Waals surface area contributed by atoms with Crippen LogP contribution in [0.25, 0.3) is 33.8 Å². The van der Waals surface area contributed by atoms with Crippen molar-refractivity contribution in [2.24, 2.45) is 7.05 Å². The molecule has 0 fully saturated rings. The van der Waals surface area contributed by atoms with Crippen LogP contribution in [0.2, 0.25) is 10.0 Å². The Kier molecular flexibility index (Phi) is 8.54. The number of aryl methyl sites for hydroxylation is 1. The maximum absolute atomic E-state index is 13.8. The fraction of sp³-hybridized carbons (Fsp3) is 0.190. The number of imidazole rings is 1. The normalized spacial score (nSPS) is 11.3. The molecule has 1 aromatic carbocycles. The first kappa shape index (κ1) is 27.8. The predicted octanol–water partition coefficient (Wildman–Crippen LogP) is 5.62. The van der Waals surface area contributed by atoms with E-state index in [1.165, 1.54) is 23.9 Å². The van der Waals surface area contributed by atoms with Gasteiger partial charge in [-0.2, -0.15) is 13.2 Å². The van der Waals surface area contributed by atoms with Crippen LogP contribution in [0.5, 0.6) is 0 Å². The number of nitrogens with zero attached hydrogens (tertiary/aromatic N) is 4. The van der Waals surface area contributed by atoms with Crippen molar-refractivity contribution in [3.63, 3.8) is 0 Å². The summed E-state index contributed by atoms with van der Waals surface area (Å²) in [6, 6.07) is 7.31. The van der Waals surface area contributed by atoms with E-state index in [1.54, 1.807) is 17.7 Å². The molecule has 6 nitrogen and oxygen atoms in total. The molecule has 0 aliphatic rings. The maximum Gasteiger partial charge on any atom is 0.433 e. The number of halogens is 6. The summed E-state index contributed by atoms with van der Waals surface area (Å²) in [5, 5.41) is -0.285. The molecule has 0 saturated carbocycles. The fourth-order valence-corrected chi connectivity index (χ4v) is 4.43. The maximum atomic E-state index is 13.8. The van der Waals surface area contributed by atoms with Gasteiger partial charge >= 0.3 is 6.18 Å². The molecule has 0 amide bonds. The van der Waals surface area contributed by atoms with Gasteiger partial charge in [0.2, 0.25) is 0 Å². The summed E-state index contributed by atoms with van der Waals surface area (Å²) in [7, 11) is 1.68. The third-order valence-electron chi connectivity index (χ3n) is 4.71. The zero-order valence-electron chi connectivity index (χ0n) is 17.6. The Hall–Kier alpha value is -2.44. The number of fused-ring (bicyclic) bond motifs is 1. The monoisotopic (exact) mass is 536 g/mol. The third-order valence-corrected chi connectivity index (χ3v) is 6.19. The van der Waals surface area contributed by atoms with Crippen LogP contribution in [-0.4, -0.2) is 36.2 Å². The van der Waals surface area contributed by atoms with Crippen LogP contribution in [0.1, 0.15) is 12.6 Å². The van der Waals surface area contributed by atoms with Gasteiger partial charge in [0.15, 0.2) is 11.6 Å².